The summed E-state index contributed by atoms with van der Waals surface area (Å²) in [6, 6.07) is 2.63. The fourth-order valence-corrected chi connectivity index (χ4v) is 1.22. The highest BCUT2D eigenvalue weighted by atomic mass is 35.5. The maximum absolute atomic E-state index is 10.5. The summed E-state index contributed by atoms with van der Waals surface area (Å²) in [4.78, 5) is 20.4. The van der Waals surface area contributed by atoms with E-state index in [0.717, 1.165) is 0 Å². The maximum Gasteiger partial charge on any atom is 0.274 e. The molecule has 68 valence electrons. The lowest BCUT2D eigenvalue weighted by atomic mass is 10.1. The summed E-state index contributed by atoms with van der Waals surface area (Å²) in [7, 11) is 0. The molecular weight excluding hydrogens is 194 g/mol. The van der Waals surface area contributed by atoms with Crippen molar-refractivity contribution in [1.82, 2.24) is 0 Å². The summed E-state index contributed by atoms with van der Waals surface area (Å²) in [5.41, 5.74) is 0.457. The van der Waals surface area contributed by atoms with Crippen LogP contribution < -0.4 is 0 Å². The molecule has 0 saturated carbocycles. The third-order valence-electron chi connectivity index (χ3n) is 1.71. The molecule has 1 rings (SSSR count). The van der Waals surface area contributed by atoms with Crippen molar-refractivity contribution >= 4 is 23.6 Å². The molecule has 1 aromatic carbocycles. The fraction of sp³-hybridized carbons (Fsp3) is 0.125. The summed E-state index contributed by atoms with van der Waals surface area (Å²) in [6.45, 7) is 1.51. The first-order valence-corrected chi connectivity index (χ1v) is 3.83. The molecule has 0 spiro atoms. The lowest BCUT2D eigenvalue weighted by Gasteiger charge is -2.00. The largest absolute Gasteiger partial charge is 0.298 e. The molecule has 0 N–H and O–H groups in total. The molecule has 0 unspecified atom stereocenters. The Morgan fingerprint density at radius 3 is 2.62 bits per heavy atom. The highest BCUT2D eigenvalue weighted by Crippen LogP contribution is 2.25. The van der Waals surface area contributed by atoms with E-state index in [-0.39, 0.29) is 16.3 Å². The number of benzene rings is 1. The molecule has 0 amide bonds. The smallest absolute Gasteiger partial charge is 0.274 e. The topological polar surface area (TPSA) is 60.2 Å². The normalized spacial score (nSPS) is 9.69. The number of hydrogen-bond acceptors (Lipinski definition) is 3. The summed E-state index contributed by atoms with van der Waals surface area (Å²) < 4.78 is 0. The molecule has 5 heteroatoms. The van der Waals surface area contributed by atoms with Gasteiger partial charge in [0.2, 0.25) is 0 Å². The van der Waals surface area contributed by atoms with Crippen LogP contribution in [0.1, 0.15) is 15.9 Å². The first-order valence-electron chi connectivity index (χ1n) is 3.46. The van der Waals surface area contributed by atoms with Gasteiger partial charge in [-0.25, -0.2) is 0 Å². The van der Waals surface area contributed by atoms with Crippen LogP contribution in [0.2, 0.25) is 5.02 Å². The third-order valence-corrected chi connectivity index (χ3v) is 1.93. The second-order valence-electron chi connectivity index (χ2n) is 2.51. The predicted octanol–water partition coefficient (Wildman–Crippen LogP) is 2.37. The van der Waals surface area contributed by atoms with Gasteiger partial charge in [0.15, 0.2) is 6.29 Å². The van der Waals surface area contributed by atoms with E-state index in [1.54, 1.807) is 0 Å². The molecule has 0 aromatic heterocycles. The highest BCUT2D eigenvalue weighted by Gasteiger charge is 2.14. The number of hydrogen-bond donors (Lipinski definition) is 0. The number of rotatable bonds is 2. The Kier molecular flexibility index (Phi) is 2.63. The minimum absolute atomic E-state index is 0.130. The van der Waals surface area contributed by atoms with Gasteiger partial charge in [-0.1, -0.05) is 11.6 Å². The molecule has 0 aliphatic heterocycles. The second-order valence-corrected chi connectivity index (χ2v) is 2.95. The summed E-state index contributed by atoms with van der Waals surface area (Å²) in [5.74, 6) is 0. The Balaban J connectivity index is 3.44. The molecule has 0 atom stereocenters. The maximum atomic E-state index is 10.5. The summed E-state index contributed by atoms with van der Waals surface area (Å²) in [5, 5.41) is 10.7. The highest BCUT2D eigenvalue weighted by molar-refractivity contribution is 6.31. The molecule has 0 fully saturated rings. The summed E-state index contributed by atoms with van der Waals surface area (Å²) in [6.07, 6.45) is 0.550. The number of carbonyl (C=O) groups is 1. The van der Waals surface area contributed by atoms with Crippen LogP contribution in [0.15, 0.2) is 12.1 Å². The molecule has 1 aromatic rings. The van der Waals surface area contributed by atoms with Gasteiger partial charge in [0.05, 0.1) is 4.92 Å². The number of halogens is 1. The van der Waals surface area contributed by atoms with Crippen LogP contribution in [-0.2, 0) is 0 Å². The van der Waals surface area contributed by atoms with Crippen molar-refractivity contribution in [1.29, 1.82) is 0 Å². The predicted molar refractivity (Wildman–Crippen MR) is 48.2 cm³/mol. The van der Waals surface area contributed by atoms with Crippen molar-refractivity contribution in [3.8, 4) is 0 Å². The molecule has 13 heavy (non-hydrogen) atoms. The van der Waals surface area contributed by atoms with Crippen molar-refractivity contribution in [2.75, 3.05) is 0 Å². The van der Waals surface area contributed by atoms with E-state index in [1.165, 1.54) is 19.1 Å². The lowest BCUT2D eigenvalue weighted by molar-refractivity contribution is -0.385. The van der Waals surface area contributed by atoms with Crippen molar-refractivity contribution in [2.24, 2.45) is 0 Å². The van der Waals surface area contributed by atoms with E-state index < -0.39 is 4.92 Å². The van der Waals surface area contributed by atoms with E-state index in [2.05, 4.69) is 0 Å². The average Bonchev–Trinajstić information content (AvgIpc) is 2.08. The van der Waals surface area contributed by atoms with Crippen LogP contribution in [0.5, 0.6) is 0 Å². The van der Waals surface area contributed by atoms with Gasteiger partial charge in [0.1, 0.15) is 0 Å². The zero-order chi connectivity index (χ0) is 10.0. The van der Waals surface area contributed by atoms with Crippen molar-refractivity contribution in [3.63, 3.8) is 0 Å². The van der Waals surface area contributed by atoms with Gasteiger partial charge in [-0.3, -0.25) is 14.9 Å². The zero-order valence-corrected chi connectivity index (χ0v) is 7.54. The van der Waals surface area contributed by atoms with Crippen LogP contribution in [0.25, 0.3) is 0 Å². The van der Waals surface area contributed by atoms with E-state index in [1.807, 2.05) is 0 Å². The Morgan fingerprint density at radius 1 is 1.54 bits per heavy atom. The fourth-order valence-electron chi connectivity index (χ4n) is 0.997. The zero-order valence-electron chi connectivity index (χ0n) is 6.78. The van der Waals surface area contributed by atoms with Crippen LogP contribution in [0.3, 0.4) is 0 Å². The van der Waals surface area contributed by atoms with Crippen molar-refractivity contribution in [3.05, 3.63) is 38.4 Å². The van der Waals surface area contributed by atoms with Crippen molar-refractivity contribution in [2.45, 2.75) is 6.92 Å². The van der Waals surface area contributed by atoms with Crippen LogP contribution in [0.4, 0.5) is 5.69 Å². The van der Waals surface area contributed by atoms with Gasteiger partial charge in [-0.05, 0) is 13.0 Å². The molecule has 0 radical (unpaired) electrons. The minimum atomic E-state index is -0.561. The standard InChI is InChI=1S/C8H6ClNO3/c1-5-6(4-11)2-7(9)3-8(5)10(12)13/h2-4H,1H3. The average molecular weight is 200 g/mol. The van der Waals surface area contributed by atoms with Crippen LogP contribution in [-0.4, -0.2) is 11.2 Å². The number of nitro groups is 1. The Labute approximate surface area is 79.3 Å². The lowest BCUT2D eigenvalue weighted by Crippen LogP contribution is -1.95. The molecule has 0 aliphatic rings. The monoisotopic (exact) mass is 199 g/mol. The van der Waals surface area contributed by atoms with E-state index in [0.29, 0.717) is 11.8 Å². The molecular formula is C8H6ClNO3. The van der Waals surface area contributed by atoms with E-state index >= 15 is 0 Å². The summed E-state index contributed by atoms with van der Waals surface area (Å²) >= 11 is 5.58. The van der Waals surface area contributed by atoms with Gasteiger partial charge in [0, 0.05) is 22.2 Å². The Bertz CT molecular complexity index is 376. The van der Waals surface area contributed by atoms with Crippen molar-refractivity contribution < 1.29 is 9.72 Å². The van der Waals surface area contributed by atoms with Gasteiger partial charge >= 0.3 is 0 Å². The van der Waals surface area contributed by atoms with Gasteiger partial charge in [-0.2, -0.15) is 0 Å². The van der Waals surface area contributed by atoms with Crippen LogP contribution >= 0.6 is 11.6 Å². The van der Waals surface area contributed by atoms with Crippen LogP contribution in [0, 0.1) is 17.0 Å². The molecule has 4 nitrogen and oxygen atoms in total. The third kappa shape index (κ3) is 1.84. The molecule has 0 bridgehead atoms. The molecule has 0 saturated heterocycles. The number of aldehydes is 1. The molecule has 0 aliphatic carbocycles. The Hall–Kier alpha value is -1.42. The molecule has 0 heterocycles. The van der Waals surface area contributed by atoms with Gasteiger partial charge in [-0.15, -0.1) is 0 Å². The minimum Gasteiger partial charge on any atom is -0.298 e. The number of nitro benzene ring substituents is 1. The van der Waals surface area contributed by atoms with E-state index in [4.69, 9.17) is 11.6 Å². The van der Waals surface area contributed by atoms with Gasteiger partial charge < -0.3 is 0 Å². The SMILES string of the molecule is Cc1c(C=O)cc(Cl)cc1[N+](=O)[O-]. The first kappa shape index (κ1) is 9.67. The van der Waals surface area contributed by atoms with E-state index in [9.17, 15) is 14.9 Å². The number of carbonyl (C=O) groups excluding carboxylic acids is 1. The Morgan fingerprint density at radius 2 is 2.15 bits per heavy atom. The first-order chi connectivity index (χ1) is 6.06. The quantitative estimate of drug-likeness (QED) is 0.417. The second kappa shape index (κ2) is 3.53. The number of nitrogens with zero attached hydrogens (tertiary/aromatic N) is 1. The van der Waals surface area contributed by atoms with Gasteiger partial charge in [0.25, 0.3) is 5.69 Å².